The first-order valence-corrected chi connectivity index (χ1v) is 10.0. The zero-order valence-electron chi connectivity index (χ0n) is 14.7. The first-order chi connectivity index (χ1) is 13.2. The minimum Gasteiger partial charge on any atom is -0.325 e. The van der Waals surface area contributed by atoms with Gasteiger partial charge in [-0.3, -0.25) is 4.72 Å². The predicted octanol–water partition coefficient (Wildman–Crippen LogP) is 4.13. The van der Waals surface area contributed by atoms with Gasteiger partial charge in [-0.2, -0.15) is 13.2 Å². The molecule has 3 rings (SSSR count). The number of anilines is 2. The van der Waals surface area contributed by atoms with Gasteiger partial charge in [-0.25, -0.2) is 13.2 Å². The Balaban J connectivity index is 1.75. The molecule has 1 saturated heterocycles. The molecule has 2 N–H and O–H groups in total. The summed E-state index contributed by atoms with van der Waals surface area (Å²) in [6.45, 7) is 1.33. The van der Waals surface area contributed by atoms with Crippen molar-refractivity contribution in [2.24, 2.45) is 0 Å². The van der Waals surface area contributed by atoms with Crippen LogP contribution in [-0.2, 0) is 16.2 Å². The van der Waals surface area contributed by atoms with Crippen molar-refractivity contribution in [3.63, 3.8) is 0 Å². The normalized spacial score (nSPS) is 14.8. The molecule has 6 nitrogen and oxygen atoms in total. The second kappa shape index (κ2) is 7.70. The first kappa shape index (κ1) is 20.0. The molecular weight excluding hydrogens is 395 g/mol. The minimum atomic E-state index is -4.69. The molecule has 0 unspecified atom stereocenters. The molecule has 0 radical (unpaired) electrons. The number of nitrogens with zero attached hydrogens (tertiary/aromatic N) is 1. The van der Waals surface area contributed by atoms with Crippen molar-refractivity contribution in [3.8, 4) is 0 Å². The van der Waals surface area contributed by atoms with E-state index in [4.69, 9.17) is 0 Å². The monoisotopic (exact) mass is 413 g/mol. The number of hydrogen-bond acceptors (Lipinski definition) is 3. The van der Waals surface area contributed by atoms with Gasteiger partial charge in [0, 0.05) is 18.8 Å². The lowest BCUT2D eigenvalue weighted by molar-refractivity contribution is -0.136. The molecule has 2 aromatic carbocycles. The lowest BCUT2D eigenvalue weighted by Crippen LogP contribution is -2.32. The number of halogens is 3. The maximum atomic E-state index is 13.0. The molecule has 150 valence electrons. The number of benzene rings is 2. The van der Waals surface area contributed by atoms with Crippen LogP contribution >= 0.6 is 0 Å². The van der Waals surface area contributed by atoms with Gasteiger partial charge in [0.2, 0.25) is 0 Å². The molecule has 0 aromatic heterocycles. The van der Waals surface area contributed by atoms with E-state index in [1.165, 1.54) is 36.4 Å². The van der Waals surface area contributed by atoms with Crippen LogP contribution in [0.3, 0.4) is 0 Å². The van der Waals surface area contributed by atoms with Gasteiger partial charge in [-0.05, 0) is 49.2 Å². The first-order valence-electron chi connectivity index (χ1n) is 8.52. The Bertz CT molecular complexity index is 954. The molecule has 10 heteroatoms. The number of likely N-dealkylation sites (tertiary alicyclic amines) is 1. The topological polar surface area (TPSA) is 78.5 Å². The van der Waals surface area contributed by atoms with E-state index in [0.717, 1.165) is 25.0 Å². The van der Waals surface area contributed by atoms with Crippen molar-refractivity contribution >= 4 is 27.4 Å². The fourth-order valence-electron chi connectivity index (χ4n) is 2.86. The molecule has 0 bridgehead atoms. The molecule has 2 amide bonds. The lowest BCUT2D eigenvalue weighted by atomic mass is 10.2. The standard InChI is InChI=1S/C18H18F3N3O3S/c19-18(20,21)15-5-1-2-6-16(15)23-28(26,27)14-9-7-13(8-10-14)22-17(25)24-11-3-4-12-24/h1-2,5-10,23H,3-4,11-12H2,(H,22,25). The Kier molecular flexibility index (Phi) is 5.50. The summed E-state index contributed by atoms with van der Waals surface area (Å²) < 4.78 is 66.0. The van der Waals surface area contributed by atoms with Gasteiger partial charge in [0.15, 0.2) is 0 Å². The van der Waals surface area contributed by atoms with Gasteiger partial charge < -0.3 is 10.2 Å². The van der Waals surface area contributed by atoms with Crippen LogP contribution in [0.2, 0.25) is 0 Å². The Morgan fingerprint density at radius 2 is 1.57 bits per heavy atom. The highest BCUT2D eigenvalue weighted by Gasteiger charge is 2.34. The zero-order valence-corrected chi connectivity index (χ0v) is 15.5. The van der Waals surface area contributed by atoms with E-state index < -0.39 is 27.5 Å². The SMILES string of the molecule is O=C(Nc1ccc(S(=O)(=O)Nc2ccccc2C(F)(F)F)cc1)N1CCCC1. The summed E-state index contributed by atoms with van der Waals surface area (Å²) in [6.07, 6.45) is -2.81. The summed E-state index contributed by atoms with van der Waals surface area (Å²) >= 11 is 0. The lowest BCUT2D eigenvalue weighted by Gasteiger charge is -2.17. The predicted molar refractivity (Wildman–Crippen MR) is 98.5 cm³/mol. The fraction of sp³-hybridized carbons (Fsp3) is 0.278. The van der Waals surface area contributed by atoms with Crippen molar-refractivity contribution in [2.75, 3.05) is 23.1 Å². The third-order valence-corrected chi connectivity index (χ3v) is 5.67. The number of hydrogen-bond donors (Lipinski definition) is 2. The van der Waals surface area contributed by atoms with Gasteiger partial charge in [-0.15, -0.1) is 0 Å². The highest BCUT2D eigenvalue weighted by atomic mass is 32.2. The van der Waals surface area contributed by atoms with E-state index in [9.17, 15) is 26.4 Å². The third-order valence-electron chi connectivity index (χ3n) is 4.29. The summed E-state index contributed by atoms with van der Waals surface area (Å²) in [5.74, 6) is 0. The zero-order chi connectivity index (χ0) is 20.4. The third kappa shape index (κ3) is 4.56. The van der Waals surface area contributed by atoms with Crippen molar-refractivity contribution in [2.45, 2.75) is 23.9 Å². The second-order valence-corrected chi connectivity index (χ2v) is 7.98. The number of carbonyl (C=O) groups is 1. The van der Waals surface area contributed by atoms with E-state index in [1.54, 1.807) is 4.90 Å². The molecule has 0 spiro atoms. The van der Waals surface area contributed by atoms with Crippen LogP contribution in [0.5, 0.6) is 0 Å². The fourth-order valence-corrected chi connectivity index (χ4v) is 3.94. The molecule has 2 aromatic rings. The largest absolute Gasteiger partial charge is 0.418 e. The van der Waals surface area contributed by atoms with Gasteiger partial charge in [-0.1, -0.05) is 12.1 Å². The van der Waals surface area contributed by atoms with Crippen LogP contribution in [0.4, 0.5) is 29.3 Å². The van der Waals surface area contributed by atoms with Crippen LogP contribution in [-0.4, -0.2) is 32.4 Å². The number of urea groups is 1. The Morgan fingerprint density at radius 3 is 2.18 bits per heavy atom. The van der Waals surface area contributed by atoms with Gasteiger partial charge in [0.1, 0.15) is 0 Å². The molecule has 0 aliphatic carbocycles. The van der Waals surface area contributed by atoms with Crippen molar-refractivity contribution in [3.05, 3.63) is 54.1 Å². The molecule has 1 fully saturated rings. The molecule has 1 heterocycles. The van der Waals surface area contributed by atoms with Crippen molar-refractivity contribution in [1.29, 1.82) is 0 Å². The molecule has 1 aliphatic rings. The highest BCUT2D eigenvalue weighted by molar-refractivity contribution is 7.92. The smallest absolute Gasteiger partial charge is 0.325 e. The van der Waals surface area contributed by atoms with Crippen LogP contribution in [0.25, 0.3) is 0 Å². The average Bonchev–Trinajstić information content (AvgIpc) is 3.16. The maximum Gasteiger partial charge on any atom is 0.418 e. The Morgan fingerprint density at radius 1 is 0.964 bits per heavy atom. The summed E-state index contributed by atoms with van der Waals surface area (Å²) in [6, 6.07) is 9.28. The van der Waals surface area contributed by atoms with Crippen LogP contribution in [0.1, 0.15) is 18.4 Å². The summed E-state index contributed by atoms with van der Waals surface area (Å²) in [7, 11) is -4.23. The molecule has 28 heavy (non-hydrogen) atoms. The van der Waals surface area contributed by atoms with E-state index in [0.29, 0.717) is 18.8 Å². The van der Waals surface area contributed by atoms with Crippen LogP contribution in [0, 0.1) is 0 Å². The van der Waals surface area contributed by atoms with Gasteiger partial charge in [0.25, 0.3) is 10.0 Å². The number of rotatable bonds is 4. The summed E-state index contributed by atoms with van der Waals surface area (Å²) in [5, 5.41) is 2.66. The molecule has 0 saturated carbocycles. The van der Waals surface area contributed by atoms with E-state index in [2.05, 4.69) is 5.32 Å². The summed E-state index contributed by atoms with van der Waals surface area (Å²) in [5.41, 5.74) is -1.24. The highest BCUT2D eigenvalue weighted by Crippen LogP contribution is 2.35. The van der Waals surface area contributed by atoms with E-state index >= 15 is 0 Å². The van der Waals surface area contributed by atoms with Crippen molar-refractivity contribution in [1.82, 2.24) is 4.90 Å². The van der Waals surface area contributed by atoms with Gasteiger partial charge in [0.05, 0.1) is 16.1 Å². The molecular formula is C18H18F3N3O3S. The number of amides is 2. The molecule has 0 atom stereocenters. The minimum absolute atomic E-state index is 0.219. The number of carbonyl (C=O) groups excluding carboxylic acids is 1. The number of nitrogens with one attached hydrogen (secondary N) is 2. The number of sulfonamides is 1. The Hall–Kier alpha value is -2.75. The van der Waals surface area contributed by atoms with Crippen LogP contribution < -0.4 is 10.0 Å². The summed E-state index contributed by atoms with van der Waals surface area (Å²) in [4.78, 5) is 13.5. The van der Waals surface area contributed by atoms with Crippen LogP contribution in [0.15, 0.2) is 53.4 Å². The number of alkyl halides is 3. The quantitative estimate of drug-likeness (QED) is 0.791. The van der Waals surface area contributed by atoms with Crippen molar-refractivity contribution < 1.29 is 26.4 Å². The average molecular weight is 413 g/mol. The second-order valence-electron chi connectivity index (χ2n) is 6.30. The molecule has 1 aliphatic heterocycles. The Labute approximate surface area is 160 Å². The van der Waals surface area contributed by atoms with E-state index in [1.807, 2.05) is 4.72 Å². The van der Waals surface area contributed by atoms with E-state index in [-0.39, 0.29) is 10.9 Å². The number of para-hydroxylation sites is 1. The van der Waals surface area contributed by atoms with Gasteiger partial charge >= 0.3 is 12.2 Å². The maximum absolute atomic E-state index is 13.0.